The number of nitrogens with zero attached hydrogens (tertiary/aromatic N) is 1. The van der Waals surface area contributed by atoms with Crippen LogP contribution in [0.3, 0.4) is 0 Å². The minimum atomic E-state index is 0.0296. The number of nitrogens with two attached hydrogens (primary N) is 2. The number of aliphatic hydroxyl groups is 1. The molecule has 5 N–H and O–H groups in total. The van der Waals surface area contributed by atoms with Gasteiger partial charge in [0.2, 0.25) is 0 Å². The summed E-state index contributed by atoms with van der Waals surface area (Å²) in [5, 5.41) is 8.26. The Balaban J connectivity index is 2.98. The van der Waals surface area contributed by atoms with E-state index >= 15 is 0 Å². The Hall–Kier alpha value is -0.810. The molecular weight excluding hydrogens is 134 g/mol. The second kappa shape index (κ2) is 6.31. The average molecular weight is 147 g/mol. The second-order valence-electron chi connectivity index (χ2n) is 1.64. The molecule has 0 radical (unpaired) electrons. The Labute approximate surface area is 59.7 Å². The van der Waals surface area contributed by atoms with Crippen LogP contribution in [0.4, 0.5) is 0 Å². The third kappa shape index (κ3) is 7.19. The van der Waals surface area contributed by atoms with E-state index in [0.29, 0.717) is 19.8 Å². The van der Waals surface area contributed by atoms with Crippen molar-refractivity contribution in [2.75, 3.05) is 26.4 Å². The lowest BCUT2D eigenvalue weighted by Gasteiger charge is -1.97. The van der Waals surface area contributed by atoms with Crippen molar-refractivity contribution in [3.05, 3.63) is 0 Å². The maximum absolute atomic E-state index is 8.26. The first-order valence-electron chi connectivity index (χ1n) is 3.01. The number of ether oxygens (including phenoxy) is 1. The van der Waals surface area contributed by atoms with E-state index in [1.54, 1.807) is 0 Å². The van der Waals surface area contributed by atoms with Gasteiger partial charge in [-0.15, -0.1) is 0 Å². The predicted molar refractivity (Wildman–Crippen MR) is 38.6 cm³/mol. The Bertz CT molecular complexity index is 101. The molecule has 0 fully saturated rings. The van der Waals surface area contributed by atoms with Gasteiger partial charge in [-0.1, -0.05) is 0 Å². The molecule has 5 nitrogen and oxygen atoms in total. The van der Waals surface area contributed by atoms with Gasteiger partial charge in [-0.2, -0.15) is 0 Å². The highest BCUT2D eigenvalue weighted by molar-refractivity contribution is 5.75. The molecule has 10 heavy (non-hydrogen) atoms. The van der Waals surface area contributed by atoms with Crippen LogP contribution in [0.1, 0.15) is 0 Å². The minimum absolute atomic E-state index is 0.0296. The Kier molecular flexibility index (Phi) is 5.80. The Morgan fingerprint density at radius 3 is 2.60 bits per heavy atom. The lowest BCUT2D eigenvalue weighted by Crippen LogP contribution is -2.23. The fourth-order valence-electron chi connectivity index (χ4n) is 0.406. The van der Waals surface area contributed by atoms with Crippen LogP contribution in [-0.2, 0) is 4.74 Å². The normalized spacial score (nSPS) is 9.30. The fourth-order valence-corrected chi connectivity index (χ4v) is 0.406. The van der Waals surface area contributed by atoms with E-state index in [1.165, 1.54) is 0 Å². The third-order valence-corrected chi connectivity index (χ3v) is 0.766. The maximum Gasteiger partial charge on any atom is 0.185 e. The predicted octanol–water partition coefficient (Wildman–Crippen LogP) is -1.73. The zero-order chi connectivity index (χ0) is 7.82. The molecule has 0 aromatic carbocycles. The molecule has 0 aromatic heterocycles. The summed E-state index contributed by atoms with van der Waals surface area (Å²) in [6.45, 7) is 1.25. The van der Waals surface area contributed by atoms with Gasteiger partial charge in [-0.25, -0.2) is 0 Å². The lowest BCUT2D eigenvalue weighted by atomic mass is 10.7. The summed E-state index contributed by atoms with van der Waals surface area (Å²) in [5.41, 5.74) is 10.1. The molecule has 0 amide bonds. The van der Waals surface area contributed by atoms with E-state index in [9.17, 15) is 0 Å². The van der Waals surface area contributed by atoms with E-state index in [0.717, 1.165) is 0 Å². The van der Waals surface area contributed by atoms with Gasteiger partial charge in [-0.3, -0.25) is 4.99 Å². The number of hydrogen-bond donors (Lipinski definition) is 3. The van der Waals surface area contributed by atoms with Gasteiger partial charge in [0.1, 0.15) is 0 Å². The topological polar surface area (TPSA) is 93.9 Å². The number of aliphatic imine (C=N–C) groups is 1. The van der Waals surface area contributed by atoms with E-state index in [2.05, 4.69) is 4.99 Å². The summed E-state index contributed by atoms with van der Waals surface area (Å²) in [7, 11) is 0. The van der Waals surface area contributed by atoms with Gasteiger partial charge in [0.15, 0.2) is 5.96 Å². The Morgan fingerprint density at radius 2 is 2.10 bits per heavy atom. The second-order valence-corrected chi connectivity index (χ2v) is 1.64. The van der Waals surface area contributed by atoms with Crippen LogP contribution in [0.25, 0.3) is 0 Å². The van der Waals surface area contributed by atoms with Gasteiger partial charge >= 0.3 is 0 Å². The first-order chi connectivity index (χ1) is 4.77. The van der Waals surface area contributed by atoms with E-state index < -0.39 is 0 Å². The summed E-state index contributed by atoms with van der Waals surface area (Å²) in [4.78, 5) is 3.66. The molecule has 60 valence electrons. The molecule has 0 aromatic rings. The largest absolute Gasteiger partial charge is 0.394 e. The monoisotopic (exact) mass is 147 g/mol. The Morgan fingerprint density at radius 1 is 1.40 bits per heavy atom. The summed E-state index contributed by atoms with van der Waals surface area (Å²) in [6.07, 6.45) is 0. The molecule has 0 saturated heterocycles. The average Bonchev–Trinajstić information content (AvgIpc) is 1.87. The highest BCUT2D eigenvalue weighted by atomic mass is 16.5. The number of hydrogen-bond acceptors (Lipinski definition) is 3. The summed E-state index contributed by atoms with van der Waals surface area (Å²) < 4.78 is 4.86. The quantitative estimate of drug-likeness (QED) is 0.245. The summed E-state index contributed by atoms with van der Waals surface area (Å²) in [6, 6.07) is 0. The van der Waals surface area contributed by atoms with Crippen molar-refractivity contribution >= 4 is 5.96 Å². The molecule has 0 aliphatic heterocycles. The molecule has 0 aliphatic carbocycles. The van der Waals surface area contributed by atoms with Crippen LogP contribution < -0.4 is 11.5 Å². The molecule has 5 heteroatoms. The number of guanidine groups is 1. The number of aliphatic hydroxyl groups excluding tert-OH is 1. The van der Waals surface area contributed by atoms with Crippen molar-refractivity contribution in [1.82, 2.24) is 0 Å². The first kappa shape index (κ1) is 9.19. The van der Waals surface area contributed by atoms with E-state index in [1.807, 2.05) is 0 Å². The smallest absolute Gasteiger partial charge is 0.185 e. The molecule has 0 saturated carbocycles. The molecule has 0 atom stereocenters. The van der Waals surface area contributed by atoms with Crippen LogP contribution in [0.2, 0.25) is 0 Å². The van der Waals surface area contributed by atoms with Crippen molar-refractivity contribution in [2.45, 2.75) is 0 Å². The summed E-state index contributed by atoms with van der Waals surface area (Å²) in [5.74, 6) is 0.0626. The van der Waals surface area contributed by atoms with Crippen molar-refractivity contribution in [3.63, 3.8) is 0 Å². The van der Waals surface area contributed by atoms with Gasteiger partial charge in [-0.05, 0) is 0 Å². The molecule has 0 rings (SSSR count). The molecule has 0 bridgehead atoms. The van der Waals surface area contributed by atoms with Crippen molar-refractivity contribution in [3.8, 4) is 0 Å². The van der Waals surface area contributed by atoms with Gasteiger partial charge in [0, 0.05) is 0 Å². The highest BCUT2D eigenvalue weighted by Gasteiger charge is 1.84. The van der Waals surface area contributed by atoms with Crippen LogP contribution in [0.15, 0.2) is 4.99 Å². The molecule has 0 spiro atoms. The lowest BCUT2D eigenvalue weighted by molar-refractivity contribution is 0.0978. The van der Waals surface area contributed by atoms with Crippen LogP contribution >= 0.6 is 0 Å². The van der Waals surface area contributed by atoms with Crippen molar-refractivity contribution in [1.29, 1.82) is 0 Å². The molecule has 0 aliphatic rings. The van der Waals surface area contributed by atoms with Crippen LogP contribution in [0, 0.1) is 0 Å². The van der Waals surface area contributed by atoms with Crippen molar-refractivity contribution in [2.24, 2.45) is 16.5 Å². The summed E-state index contributed by atoms with van der Waals surface area (Å²) >= 11 is 0. The van der Waals surface area contributed by atoms with Gasteiger partial charge < -0.3 is 21.3 Å². The highest BCUT2D eigenvalue weighted by Crippen LogP contribution is 1.74. The van der Waals surface area contributed by atoms with Gasteiger partial charge in [0.05, 0.1) is 26.4 Å². The molecular formula is C5H13N3O2. The SMILES string of the molecule is NC(N)=NCCOCCO. The zero-order valence-electron chi connectivity index (χ0n) is 5.79. The maximum atomic E-state index is 8.26. The fraction of sp³-hybridized carbons (Fsp3) is 0.800. The number of rotatable bonds is 5. The molecule has 0 unspecified atom stereocenters. The minimum Gasteiger partial charge on any atom is -0.394 e. The first-order valence-corrected chi connectivity index (χ1v) is 3.01. The zero-order valence-corrected chi connectivity index (χ0v) is 5.79. The molecule has 0 heterocycles. The standard InChI is InChI=1S/C5H13N3O2/c6-5(7)8-1-3-10-4-2-9/h9H,1-4H2,(H4,6,7,8). The van der Waals surface area contributed by atoms with E-state index in [4.69, 9.17) is 21.3 Å². The van der Waals surface area contributed by atoms with Gasteiger partial charge in [0.25, 0.3) is 0 Å². The third-order valence-electron chi connectivity index (χ3n) is 0.766. The van der Waals surface area contributed by atoms with E-state index in [-0.39, 0.29) is 12.6 Å². The van der Waals surface area contributed by atoms with Crippen molar-refractivity contribution < 1.29 is 9.84 Å². The van der Waals surface area contributed by atoms with Crippen LogP contribution in [0.5, 0.6) is 0 Å². The van der Waals surface area contributed by atoms with Crippen LogP contribution in [-0.4, -0.2) is 37.4 Å².